The quantitative estimate of drug-likeness (QED) is 0.890. The zero-order valence-corrected chi connectivity index (χ0v) is 13.8. The van der Waals surface area contributed by atoms with Crippen molar-refractivity contribution < 1.29 is 4.74 Å². The predicted octanol–water partition coefficient (Wildman–Crippen LogP) is 3.21. The van der Waals surface area contributed by atoms with Crippen LogP contribution in [-0.2, 0) is 19.9 Å². The summed E-state index contributed by atoms with van der Waals surface area (Å²) in [5.41, 5.74) is 2.01. The second kappa shape index (κ2) is 6.61. The molecule has 0 aromatic carbocycles. The first-order chi connectivity index (χ1) is 9.62. The highest BCUT2D eigenvalue weighted by molar-refractivity contribution is 7.10. The van der Waals surface area contributed by atoms with E-state index in [1.165, 1.54) is 4.88 Å². The average molecular weight is 314 g/mol. The zero-order valence-electron chi connectivity index (χ0n) is 12.2. The van der Waals surface area contributed by atoms with Gasteiger partial charge in [-0.25, -0.2) is 0 Å². The van der Waals surface area contributed by atoms with Gasteiger partial charge in [-0.2, -0.15) is 5.10 Å². The Balaban J connectivity index is 2.29. The first-order valence-corrected chi connectivity index (χ1v) is 7.87. The number of aromatic nitrogens is 2. The lowest BCUT2D eigenvalue weighted by atomic mass is 10.1. The van der Waals surface area contributed by atoms with E-state index in [1.54, 1.807) is 18.4 Å². The molecule has 2 heterocycles. The summed E-state index contributed by atoms with van der Waals surface area (Å²) >= 11 is 8.12. The fourth-order valence-electron chi connectivity index (χ4n) is 2.29. The number of nitrogens with one attached hydrogen (secondary N) is 1. The Morgan fingerprint density at radius 1 is 1.55 bits per heavy atom. The van der Waals surface area contributed by atoms with E-state index in [1.807, 2.05) is 30.2 Å². The van der Waals surface area contributed by atoms with Gasteiger partial charge >= 0.3 is 0 Å². The minimum Gasteiger partial charge on any atom is -0.496 e. The molecule has 110 valence electrons. The van der Waals surface area contributed by atoms with Gasteiger partial charge in [-0.1, -0.05) is 18.5 Å². The molecule has 0 radical (unpaired) electrons. The van der Waals surface area contributed by atoms with Gasteiger partial charge < -0.3 is 10.1 Å². The number of rotatable bonds is 6. The fraction of sp³-hybridized carbons (Fsp3) is 0.500. The minimum absolute atomic E-state index is 0.169. The van der Waals surface area contributed by atoms with E-state index in [0.717, 1.165) is 35.0 Å². The Morgan fingerprint density at radius 2 is 2.30 bits per heavy atom. The number of hydrogen-bond donors (Lipinski definition) is 1. The summed E-state index contributed by atoms with van der Waals surface area (Å²) in [6.07, 6.45) is 1.63. The summed E-state index contributed by atoms with van der Waals surface area (Å²) in [5, 5.41) is 10.6. The largest absolute Gasteiger partial charge is 0.496 e. The molecule has 1 unspecified atom stereocenters. The maximum Gasteiger partial charge on any atom is 0.134 e. The van der Waals surface area contributed by atoms with Crippen molar-refractivity contribution in [2.75, 3.05) is 14.2 Å². The van der Waals surface area contributed by atoms with E-state index in [2.05, 4.69) is 17.3 Å². The number of nitrogens with zero attached hydrogens (tertiary/aromatic N) is 2. The summed E-state index contributed by atoms with van der Waals surface area (Å²) in [7, 11) is 5.60. The van der Waals surface area contributed by atoms with Crippen molar-refractivity contribution in [2.45, 2.75) is 25.8 Å². The lowest BCUT2D eigenvalue weighted by Gasteiger charge is -2.16. The smallest absolute Gasteiger partial charge is 0.134 e. The molecular formula is C14H20ClN3OS. The Morgan fingerprint density at radius 3 is 2.85 bits per heavy atom. The van der Waals surface area contributed by atoms with Crippen LogP contribution < -0.4 is 10.1 Å². The van der Waals surface area contributed by atoms with Crippen LogP contribution in [0.5, 0.6) is 5.75 Å². The average Bonchev–Trinajstić information content (AvgIpc) is 3.02. The topological polar surface area (TPSA) is 39.1 Å². The number of halogens is 1. The molecule has 0 amide bonds. The Hall–Kier alpha value is -1.04. The van der Waals surface area contributed by atoms with Gasteiger partial charge in [0.2, 0.25) is 0 Å². The summed E-state index contributed by atoms with van der Waals surface area (Å²) < 4.78 is 7.29. The molecule has 2 aromatic rings. The minimum atomic E-state index is 0.169. The highest BCUT2D eigenvalue weighted by atomic mass is 35.5. The van der Waals surface area contributed by atoms with Crippen molar-refractivity contribution in [3.05, 3.63) is 32.7 Å². The number of thiophene rings is 1. The third kappa shape index (κ3) is 2.85. The maximum absolute atomic E-state index is 6.43. The van der Waals surface area contributed by atoms with Crippen molar-refractivity contribution in [3.8, 4) is 5.75 Å². The van der Waals surface area contributed by atoms with Gasteiger partial charge in [-0.3, -0.25) is 4.68 Å². The second-order valence-corrected chi connectivity index (χ2v) is 5.91. The van der Waals surface area contributed by atoms with E-state index >= 15 is 0 Å². The van der Waals surface area contributed by atoms with Crippen LogP contribution in [0.25, 0.3) is 0 Å². The molecule has 0 bridgehead atoms. The number of ether oxygens (including phenoxy) is 1. The van der Waals surface area contributed by atoms with E-state index in [9.17, 15) is 0 Å². The first kappa shape index (κ1) is 15.4. The van der Waals surface area contributed by atoms with Crippen LogP contribution in [0.2, 0.25) is 5.02 Å². The number of likely N-dealkylation sites (N-methyl/N-ethyl adjacent to an activating group) is 1. The Kier molecular flexibility index (Phi) is 5.07. The number of aryl methyl sites for hydroxylation is 2. The molecule has 0 saturated carbocycles. The van der Waals surface area contributed by atoms with Crippen LogP contribution in [0, 0.1) is 0 Å². The summed E-state index contributed by atoms with van der Waals surface area (Å²) in [4.78, 5) is 1.19. The van der Waals surface area contributed by atoms with Crippen LogP contribution >= 0.6 is 22.9 Å². The molecule has 0 spiro atoms. The van der Waals surface area contributed by atoms with Gasteiger partial charge in [0, 0.05) is 13.5 Å². The predicted molar refractivity (Wildman–Crippen MR) is 84.0 cm³/mol. The standard InChI is InChI=1S/C14H20ClN3OS/c1-5-9-13(15)11(18(3)17-9)8-10(16-2)14-12(19-4)6-7-20-14/h6-7,10,16H,5,8H2,1-4H3. The van der Waals surface area contributed by atoms with Gasteiger partial charge in [0.25, 0.3) is 0 Å². The van der Waals surface area contributed by atoms with Crippen molar-refractivity contribution in [3.63, 3.8) is 0 Å². The maximum atomic E-state index is 6.43. The van der Waals surface area contributed by atoms with Crippen molar-refractivity contribution in [1.29, 1.82) is 0 Å². The van der Waals surface area contributed by atoms with Crippen LogP contribution in [0.4, 0.5) is 0 Å². The Labute approximate surface area is 128 Å². The molecule has 2 rings (SSSR count). The van der Waals surface area contributed by atoms with Crippen LogP contribution in [-0.4, -0.2) is 23.9 Å². The monoisotopic (exact) mass is 313 g/mol. The summed E-state index contributed by atoms with van der Waals surface area (Å²) in [6.45, 7) is 2.07. The molecule has 1 atom stereocenters. The van der Waals surface area contributed by atoms with Gasteiger partial charge in [0.1, 0.15) is 5.75 Å². The van der Waals surface area contributed by atoms with E-state index in [0.29, 0.717) is 0 Å². The normalized spacial score (nSPS) is 12.7. The van der Waals surface area contributed by atoms with E-state index in [4.69, 9.17) is 16.3 Å². The van der Waals surface area contributed by atoms with E-state index in [-0.39, 0.29) is 6.04 Å². The van der Waals surface area contributed by atoms with Gasteiger partial charge in [0.15, 0.2) is 0 Å². The van der Waals surface area contributed by atoms with E-state index < -0.39 is 0 Å². The van der Waals surface area contributed by atoms with Gasteiger partial charge in [0.05, 0.1) is 34.4 Å². The molecular weight excluding hydrogens is 294 g/mol. The zero-order chi connectivity index (χ0) is 14.7. The molecule has 1 N–H and O–H groups in total. The molecule has 0 saturated heterocycles. The van der Waals surface area contributed by atoms with Gasteiger partial charge in [-0.15, -0.1) is 11.3 Å². The lowest BCUT2D eigenvalue weighted by molar-refractivity contribution is 0.404. The summed E-state index contributed by atoms with van der Waals surface area (Å²) in [6, 6.07) is 2.16. The highest BCUT2D eigenvalue weighted by Gasteiger charge is 2.21. The molecule has 0 fully saturated rings. The molecule has 0 aliphatic rings. The molecule has 0 aliphatic heterocycles. The third-order valence-electron chi connectivity index (χ3n) is 3.44. The molecule has 6 heteroatoms. The second-order valence-electron chi connectivity index (χ2n) is 4.58. The van der Waals surface area contributed by atoms with Crippen LogP contribution in [0.3, 0.4) is 0 Å². The highest BCUT2D eigenvalue weighted by Crippen LogP contribution is 2.34. The number of hydrogen-bond acceptors (Lipinski definition) is 4. The van der Waals surface area contributed by atoms with Crippen molar-refractivity contribution in [1.82, 2.24) is 15.1 Å². The lowest BCUT2D eigenvalue weighted by Crippen LogP contribution is -2.19. The molecule has 2 aromatic heterocycles. The van der Waals surface area contributed by atoms with Gasteiger partial charge in [-0.05, 0) is 24.9 Å². The van der Waals surface area contributed by atoms with Crippen molar-refractivity contribution in [2.24, 2.45) is 7.05 Å². The third-order valence-corrected chi connectivity index (χ3v) is 4.89. The molecule has 4 nitrogen and oxygen atoms in total. The molecule has 0 aliphatic carbocycles. The molecule has 20 heavy (non-hydrogen) atoms. The van der Waals surface area contributed by atoms with Crippen molar-refractivity contribution >= 4 is 22.9 Å². The fourth-order valence-corrected chi connectivity index (χ4v) is 3.63. The van der Waals surface area contributed by atoms with Crippen LogP contribution in [0.1, 0.15) is 29.2 Å². The van der Waals surface area contributed by atoms with Crippen LogP contribution in [0.15, 0.2) is 11.4 Å². The number of methoxy groups -OCH3 is 1. The Bertz CT molecular complexity index is 579. The summed E-state index contributed by atoms with van der Waals surface area (Å²) in [5.74, 6) is 0.920. The first-order valence-electron chi connectivity index (χ1n) is 6.61. The SMILES string of the molecule is CCc1nn(C)c(CC(NC)c2sccc2OC)c1Cl.